The van der Waals surface area contributed by atoms with Crippen molar-refractivity contribution in [2.75, 3.05) is 26.5 Å². The fraction of sp³-hybridized carbons (Fsp3) is 0.300. The highest BCUT2D eigenvalue weighted by atomic mass is 32.1. The van der Waals surface area contributed by atoms with Gasteiger partial charge in [-0.1, -0.05) is 12.1 Å². The number of benzene rings is 1. The summed E-state index contributed by atoms with van der Waals surface area (Å²) in [6.45, 7) is 0. The number of hydrogen-bond donors (Lipinski definition) is 1. The summed E-state index contributed by atoms with van der Waals surface area (Å²) in [4.78, 5) is 1.84. The second-order valence-electron chi connectivity index (χ2n) is 3.02. The second kappa shape index (κ2) is 4.81. The quantitative estimate of drug-likeness (QED) is 0.754. The molecule has 0 unspecified atom stereocenters. The van der Waals surface area contributed by atoms with Gasteiger partial charge in [0.2, 0.25) is 0 Å². The van der Waals surface area contributed by atoms with Gasteiger partial charge >= 0.3 is 0 Å². The molecule has 1 N–H and O–H groups in total. The fourth-order valence-corrected chi connectivity index (χ4v) is 1.08. The summed E-state index contributed by atoms with van der Waals surface area (Å²) < 4.78 is 5.19. The van der Waals surface area contributed by atoms with Crippen LogP contribution >= 0.6 is 12.2 Å². The first-order chi connectivity index (χ1) is 6.65. The predicted octanol–water partition coefficient (Wildman–Crippen LogP) is 1.95. The molecular formula is C10H14N2OS. The monoisotopic (exact) mass is 210 g/mol. The van der Waals surface area contributed by atoms with E-state index in [2.05, 4.69) is 5.32 Å². The Labute approximate surface area is 89.7 Å². The van der Waals surface area contributed by atoms with E-state index in [1.807, 2.05) is 43.3 Å². The molecule has 76 valence electrons. The lowest BCUT2D eigenvalue weighted by atomic mass is 10.3. The van der Waals surface area contributed by atoms with Crippen LogP contribution < -0.4 is 10.1 Å². The predicted molar refractivity (Wildman–Crippen MR) is 62.9 cm³/mol. The van der Waals surface area contributed by atoms with E-state index >= 15 is 0 Å². The summed E-state index contributed by atoms with van der Waals surface area (Å²) in [5, 5.41) is 3.75. The van der Waals surface area contributed by atoms with Crippen LogP contribution in [-0.4, -0.2) is 31.2 Å². The van der Waals surface area contributed by atoms with Gasteiger partial charge in [-0.15, -0.1) is 0 Å². The van der Waals surface area contributed by atoms with Gasteiger partial charge in [0.15, 0.2) is 5.11 Å². The third-order valence-electron chi connectivity index (χ3n) is 1.75. The first kappa shape index (κ1) is 10.8. The average molecular weight is 210 g/mol. The number of nitrogens with one attached hydrogen (secondary N) is 1. The number of anilines is 1. The van der Waals surface area contributed by atoms with E-state index in [1.54, 1.807) is 7.11 Å². The van der Waals surface area contributed by atoms with Crippen LogP contribution in [0.2, 0.25) is 0 Å². The van der Waals surface area contributed by atoms with Gasteiger partial charge < -0.3 is 15.0 Å². The number of hydrogen-bond acceptors (Lipinski definition) is 2. The minimum atomic E-state index is 0.662. The van der Waals surface area contributed by atoms with Crippen molar-refractivity contribution in [3.8, 4) is 5.75 Å². The number of para-hydroxylation sites is 2. The maximum Gasteiger partial charge on any atom is 0.172 e. The summed E-state index contributed by atoms with van der Waals surface area (Å²) in [5.74, 6) is 0.789. The molecule has 0 aromatic heterocycles. The van der Waals surface area contributed by atoms with E-state index in [9.17, 15) is 0 Å². The van der Waals surface area contributed by atoms with Crippen LogP contribution in [0.1, 0.15) is 0 Å². The molecule has 0 aliphatic carbocycles. The number of rotatable bonds is 2. The van der Waals surface area contributed by atoms with Gasteiger partial charge in [0.1, 0.15) is 5.75 Å². The van der Waals surface area contributed by atoms with Crippen molar-refractivity contribution in [1.29, 1.82) is 0 Å². The van der Waals surface area contributed by atoms with Crippen molar-refractivity contribution in [3.05, 3.63) is 24.3 Å². The lowest BCUT2D eigenvalue weighted by Crippen LogP contribution is -2.27. The molecule has 0 fully saturated rings. The summed E-state index contributed by atoms with van der Waals surface area (Å²) in [5.41, 5.74) is 0.883. The molecule has 14 heavy (non-hydrogen) atoms. The fourth-order valence-electron chi connectivity index (χ4n) is 0.975. The average Bonchev–Trinajstić information content (AvgIpc) is 2.18. The lowest BCUT2D eigenvalue weighted by molar-refractivity contribution is 0.417. The van der Waals surface area contributed by atoms with Crippen molar-refractivity contribution in [2.24, 2.45) is 0 Å². The van der Waals surface area contributed by atoms with Crippen LogP contribution in [0.5, 0.6) is 5.75 Å². The Hall–Kier alpha value is -1.29. The third kappa shape index (κ3) is 2.60. The summed E-state index contributed by atoms with van der Waals surface area (Å²) in [6, 6.07) is 7.67. The zero-order valence-electron chi connectivity index (χ0n) is 8.57. The molecule has 0 amide bonds. The molecule has 0 aliphatic rings. The summed E-state index contributed by atoms with van der Waals surface area (Å²) in [6.07, 6.45) is 0. The van der Waals surface area contributed by atoms with Gasteiger partial charge in [-0.05, 0) is 24.4 Å². The number of nitrogens with zero attached hydrogens (tertiary/aromatic N) is 1. The molecule has 0 aliphatic heterocycles. The van der Waals surface area contributed by atoms with Gasteiger partial charge in [0.25, 0.3) is 0 Å². The van der Waals surface area contributed by atoms with Crippen LogP contribution in [-0.2, 0) is 0 Å². The number of methoxy groups -OCH3 is 1. The Balaban J connectivity index is 2.80. The van der Waals surface area contributed by atoms with Crippen molar-refractivity contribution in [3.63, 3.8) is 0 Å². The van der Waals surface area contributed by atoms with Crippen molar-refractivity contribution in [2.45, 2.75) is 0 Å². The van der Waals surface area contributed by atoms with Gasteiger partial charge in [0, 0.05) is 14.1 Å². The molecule has 0 bridgehead atoms. The standard InChI is InChI=1S/C10H14N2OS/c1-12(2)10(14)11-8-6-4-5-7-9(8)13-3/h4-7H,1-3H3,(H,11,14). The molecule has 1 aromatic carbocycles. The van der Waals surface area contributed by atoms with Crippen molar-refractivity contribution < 1.29 is 4.74 Å². The normalized spacial score (nSPS) is 9.36. The highest BCUT2D eigenvalue weighted by Crippen LogP contribution is 2.22. The summed E-state index contributed by atoms with van der Waals surface area (Å²) >= 11 is 5.13. The minimum absolute atomic E-state index is 0.662. The van der Waals surface area contributed by atoms with E-state index in [1.165, 1.54) is 0 Å². The molecule has 1 rings (SSSR count). The van der Waals surface area contributed by atoms with E-state index < -0.39 is 0 Å². The lowest BCUT2D eigenvalue weighted by Gasteiger charge is -2.16. The smallest absolute Gasteiger partial charge is 0.172 e. The Morgan fingerprint density at radius 1 is 1.36 bits per heavy atom. The van der Waals surface area contributed by atoms with Gasteiger partial charge in [-0.25, -0.2) is 0 Å². The maximum absolute atomic E-state index is 5.19. The maximum atomic E-state index is 5.19. The van der Waals surface area contributed by atoms with Crippen LogP contribution in [0, 0.1) is 0 Å². The highest BCUT2D eigenvalue weighted by Gasteiger charge is 2.04. The van der Waals surface area contributed by atoms with Crippen LogP contribution in [0.25, 0.3) is 0 Å². The molecule has 0 atom stereocenters. The van der Waals surface area contributed by atoms with E-state index in [4.69, 9.17) is 17.0 Å². The molecule has 0 saturated heterocycles. The Morgan fingerprint density at radius 2 is 2.00 bits per heavy atom. The molecule has 3 nitrogen and oxygen atoms in total. The van der Waals surface area contributed by atoms with Gasteiger partial charge in [-0.3, -0.25) is 0 Å². The summed E-state index contributed by atoms with van der Waals surface area (Å²) in [7, 11) is 5.43. The zero-order valence-corrected chi connectivity index (χ0v) is 9.39. The van der Waals surface area contributed by atoms with Gasteiger partial charge in [-0.2, -0.15) is 0 Å². The van der Waals surface area contributed by atoms with Crippen LogP contribution in [0.4, 0.5) is 5.69 Å². The van der Waals surface area contributed by atoms with Crippen molar-refractivity contribution >= 4 is 23.0 Å². The minimum Gasteiger partial charge on any atom is -0.495 e. The Morgan fingerprint density at radius 3 is 2.57 bits per heavy atom. The van der Waals surface area contributed by atoms with Crippen LogP contribution in [0.15, 0.2) is 24.3 Å². The topological polar surface area (TPSA) is 24.5 Å². The molecule has 0 heterocycles. The Bertz CT molecular complexity index is 326. The molecule has 0 saturated carbocycles. The first-order valence-electron chi connectivity index (χ1n) is 4.26. The SMILES string of the molecule is COc1ccccc1NC(=S)N(C)C. The highest BCUT2D eigenvalue weighted by molar-refractivity contribution is 7.80. The Kier molecular flexibility index (Phi) is 3.71. The largest absolute Gasteiger partial charge is 0.495 e. The molecule has 4 heteroatoms. The van der Waals surface area contributed by atoms with Gasteiger partial charge in [0.05, 0.1) is 12.8 Å². The number of thiocarbonyl (C=S) groups is 1. The number of ether oxygens (including phenoxy) is 1. The zero-order chi connectivity index (χ0) is 10.6. The van der Waals surface area contributed by atoms with Crippen LogP contribution in [0.3, 0.4) is 0 Å². The second-order valence-corrected chi connectivity index (χ2v) is 3.41. The van der Waals surface area contributed by atoms with E-state index in [0.717, 1.165) is 11.4 Å². The van der Waals surface area contributed by atoms with Crippen molar-refractivity contribution in [1.82, 2.24) is 4.90 Å². The third-order valence-corrected chi connectivity index (χ3v) is 2.22. The molecule has 1 aromatic rings. The molecular weight excluding hydrogens is 196 g/mol. The first-order valence-corrected chi connectivity index (χ1v) is 4.67. The molecule has 0 radical (unpaired) electrons. The van der Waals surface area contributed by atoms with E-state index in [-0.39, 0.29) is 0 Å². The van der Waals surface area contributed by atoms with E-state index in [0.29, 0.717) is 5.11 Å². The molecule has 0 spiro atoms.